The van der Waals surface area contributed by atoms with E-state index in [2.05, 4.69) is 47.6 Å². The van der Waals surface area contributed by atoms with Crippen LogP contribution in [0.4, 0.5) is 0 Å². The lowest BCUT2D eigenvalue weighted by Crippen LogP contribution is -2.35. The molecule has 100 valence electrons. The molecule has 1 unspecified atom stereocenters. The Balaban J connectivity index is 0.000000574. The molecule has 0 bridgehead atoms. The van der Waals surface area contributed by atoms with E-state index >= 15 is 0 Å². The van der Waals surface area contributed by atoms with Gasteiger partial charge in [-0.1, -0.05) is 50.1 Å². The summed E-state index contributed by atoms with van der Waals surface area (Å²) in [5, 5.41) is 0. The predicted molar refractivity (Wildman–Crippen MR) is 80.6 cm³/mol. The Morgan fingerprint density at radius 1 is 1.17 bits per heavy atom. The zero-order valence-electron chi connectivity index (χ0n) is 11.9. The van der Waals surface area contributed by atoms with E-state index in [0.717, 1.165) is 6.54 Å². The molecule has 0 saturated carbocycles. The Morgan fingerprint density at radius 2 is 1.89 bits per heavy atom. The van der Waals surface area contributed by atoms with Gasteiger partial charge < -0.3 is 4.90 Å². The number of likely N-dealkylation sites (tertiary alicyclic amines) is 1. The summed E-state index contributed by atoms with van der Waals surface area (Å²) in [6.07, 6.45) is 1.27. The third kappa shape index (κ3) is 2.44. The van der Waals surface area contributed by atoms with E-state index < -0.39 is 0 Å². The first-order valence-electron chi connectivity index (χ1n) is 6.87. The Morgan fingerprint density at radius 3 is 2.56 bits per heavy atom. The second-order valence-corrected chi connectivity index (χ2v) is 6.60. The third-order valence-electron chi connectivity index (χ3n) is 3.65. The van der Waals surface area contributed by atoms with Gasteiger partial charge in [-0.25, -0.2) is 4.31 Å². The highest BCUT2D eigenvalue weighted by molar-refractivity contribution is 7.98. The standard InChI is InChI=1S/C13H18N2S.C2H6/c1-14-8-7-13(10-14)12-6-4-3-5-11(12)9-15(2)16-13;1-2/h3-6H,7-10H2,1-2H3;1-2H3. The van der Waals surface area contributed by atoms with Gasteiger partial charge in [0.1, 0.15) is 0 Å². The molecule has 1 fully saturated rings. The summed E-state index contributed by atoms with van der Waals surface area (Å²) in [5.74, 6) is 0. The molecule has 1 spiro atoms. The summed E-state index contributed by atoms with van der Waals surface area (Å²) in [4.78, 5) is 2.45. The second-order valence-electron chi connectivity index (χ2n) is 5.02. The van der Waals surface area contributed by atoms with Crippen LogP contribution in [0.5, 0.6) is 0 Å². The van der Waals surface area contributed by atoms with Gasteiger partial charge in [0.25, 0.3) is 0 Å². The molecule has 2 aliphatic rings. The van der Waals surface area contributed by atoms with Gasteiger partial charge in [0.2, 0.25) is 0 Å². The second kappa shape index (κ2) is 5.64. The maximum atomic E-state index is 2.45. The molecule has 3 rings (SSSR count). The highest BCUT2D eigenvalue weighted by atomic mass is 32.2. The topological polar surface area (TPSA) is 6.48 Å². The van der Waals surface area contributed by atoms with Crippen molar-refractivity contribution in [2.45, 2.75) is 31.6 Å². The van der Waals surface area contributed by atoms with Gasteiger partial charge in [-0.05, 0) is 38.2 Å². The van der Waals surface area contributed by atoms with Gasteiger partial charge in [-0.15, -0.1) is 0 Å². The molecule has 2 nitrogen and oxygen atoms in total. The van der Waals surface area contributed by atoms with Crippen LogP contribution >= 0.6 is 11.9 Å². The van der Waals surface area contributed by atoms with Crippen molar-refractivity contribution in [3.05, 3.63) is 35.4 Å². The Labute approximate surface area is 115 Å². The monoisotopic (exact) mass is 264 g/mol. The van der Waals surface area contributed by atoms with Crippen LogP contribution in [0.15, 0.2) is 24.3 Å². The number of hydrogen-bond donors (Lipinski definition) is 0. The number of hydrogen-bond acceptors (Lipinski definition) is 3. The quantitative estimate of drug-likeness (QED) is 0.664. The summed E-state index contributed by atoms with van der Waals surface area (Å²) in [5.41, 5.74) is 3.08. The fourth-order valence-corrected chi connectivity index (χ4v) is 4.54. The molecular formula is C15H24N2S. The van der Waals surface area contributed by atoms with Gasteiger partial charge in [0, 0.05) is 13.1 Å². The summed E-state index contributed by atoms with van der Waals surface area (Å²) in [6.45, 7) is 7.47. The lowest BCUT2D eigenvalue weighted by molar-refractivity contribution is 0.399. The average Bonchev–Trinajstić information content (AvgIpc) is 2.73. The van der Waals surface area contributed by atoms with E-state index in [1.54, 1.807) is 5.56 Å². The molecule has 18 heavy (non-hydrogen) atoms. The van der Waals surface area contributed by atoms with Crippen molar-refractivity contribution in [3.63, 3.8) is 0 Å². The molecule has 0 amide bonds. The highest BCUT2D eigenvalue weighted by Crippen LogP contribution is 2.49. The summed E-state index contributed by atoms with van der Waals surface area (Å²) in [6, 6.07) is 8.96. The van der Waals surface area contributed by atoms with Gasteiger partial charge in [0.05, 0.1) is 4.75 Å². The lowest BCUT2D eigenvalue weighted by atomic mass is 9.92. The van der Waals surface area contributed by atoms with Gasteiger partial charge in [0.15, 0.2) is 0 Å². The van der Waals surface area contributed by atoms with Crippen LogP contribution in [0, 0.1) is 0 Å². The molecule has 1 saturated heterocycles. The number of likely N-dealkylation sites (N-methyl/N-ethyl adjacent to an activating group) is 1. The number of rotatable bonds is 0. The molecule has 0 aromatic heterocycles. The zero-order valence-corrected chi connectivity index (χ0v) is 12.8. The summed E-state index contributed by atoms with van der Waals surface area (Å²) < 4.78 is 2.71. The Hall–Kier alpha value is -0.510. The van der Waals surface area contributed by atoms with Crippen LogP contribution in [0.2, 0.25) is 0 Å². The lowest BCUT2D eigenvalue weighted by Gasteiger charge is -2.39. The third-order valence-corrected chi connectivity index (χ3v) is 5.00. The average molecular weight is 264 g/mol. The highest BCUT2D eigenvalue weighted by Gasteiger charge is 2.43. The van der Waals surface area contributed by atoms with Crippen molar-refractivity contribution in [2.24, 2.45) is 0 Å². The SMILES string of the molecule is CC.CN1CCC2(C1)SN(C)Cc1ccccc12. The minimum Gasteiger partial charge on any atom is -0.305 e. The van der Waals surface area contributed by atoms with Gasteiger partial charge in [-0.3, -0.25) is 0 Å². The molecule has 3 heteroatoms. The van der Waals surface area contributed by atoms with Crippen LogP contribution in [-0.2, 0) is 11.3 Å². The van der Waals surface area contributed by atoms with Crippen LogP contribution in [0.25, 0.3) is 0 Å². The fourth-order valence-electron chi connectivity index (χ4n) is 2.98. The Bertz CT molecular complexity index is 407. The molecule has 1 aromatic rings. The minimum absolute atomic E-state index is 0.318. The van der Waals surface area contributed by atoms with Gasteiger partial charge in [-0.2, -0.15) is 0 Å². The predicted octanol–water partition coefficient (Wildman–Crippen LogP) is 3.34. The maximum Gasteiger partial charge on any atom is 0.0696 e. The van der Waals surface area contributed by atoms with E-state index in [1.807, 2.05) is 25.8 Å². The molecule has 2 aliphatic heterocycles. The van der Waals surface area contributed by atoms with E-state index in [0.29, 0.717) is 4.75 Å². The minimum atomic E-state index is 0.318. The molecule has 0 N–H and O–H groups in total. The number of nitrogens with zero attached hydrogens (tertiary/aromatic N) is 2. The normalized spacial score (nSPS) is 27.8. The molecule has 1 aromatic carbocycles. The molecule has 1 atom stereocenters. The van der Waals surface area contributed by atoms with Crippen LogP contribution in [0.3, 0.4) is 0 Å². The zero-order chi connectivity index (χ0) is 13.2. The number of fused-ring (bicyclic) bond motifs is 2. The van der Waals surface area contributed by atoms with Gasteiger partial charge >= 0.3 is 0 Å². The molecule has 0 aliphatic carbocycles. The maximum absolute atomic E-state index is 2.45. The first-order valence-corrected chi connectivity index (χ1v) is 7.64. The molecule has 0 radical (unpaired) electrons. The van der Waals surface area contributed by atoms with Crippen molar-refractivity contribution in [2.75, 3.05) is 27.2 Å². The van der Waals surface area contributed by atoms with Crippen molar-refractivity contribution >= 4 is 11.9 Å². The van der Waals surface area contributed by atoms with E-state index in [-0.39, 0.29) is 0 Å². The van der Waals surface area contributed by atoms with E-state index in [4.69, 9.17) is 0 Å². The molecule has 2 heterocycles. The van der Waals surface area contributed by atoms with E-state index in [9.17, 15) is 0 Å². The van der Waals surface area contributed by atoms with Crippen LogP contribution in [0.1, 0.15) is 31.4 Å². The summed E-state index contributed by atoms with van der Waals surface area (Å²) >= 11 is 2.03. The largest absolute Gasteiger partial charge is 0.305 e. The smallest absolute Gasteiger partial charge is 0.0696 e. The van der Waals surface area contributed by atoms with Crippen molar-refractivity contribution in [1.29, 1.82) is 0 Å². The van der Waals surface area contributed by atoms with Crippen LogP contribution in [-0.4, -0.2) is 36.4 Å². The summed E-state index contributed by atoms with van der Waals surface area (Å²) in [7, 11) is 4.44. The molecular weight excluding hydrogens is 240 g/mol. The number of benzene rings is 1. The van der Waals surface area contributed by atoms with Crippen LogP contribution < -0.4 is 0 Å². The first-order chi connectivity index (χ1) is 8.70. The van der Waals surface area contributed by atoms with Crippen molar-refractivity contribution < 1.29 is 0 Å². The fraction of sp³-hybridized carbons (Fsp3) is 0.600. The Kier molecular flexibility index (Phi) is 4.36. The van der Waals surface area contributed by atoms with Crippen molar-refractivity contribution in [1.82, 2.24) is 9.21 Å². The van der Waals surface area contributed by atoms with Crippen molar-refractivity contribution in [3.8, 4) is 0 Å². The first kappa shape index (κ1) is 13.9. The van der Waals surface area contributed by atoms with E-state index in [1.165, 1.54) is 25.1 Å².